The van der Waals surface area contributed by atoms with Crippen LogP contribution in [0.1, 0.15) is 33.1 Å². The summed E-state index contributed by atoms with van der Waals surface area (Å²) in [5.41, 5.74) is 0. The average Bonchev–Trinajstić information content (AvgIpc) is 2.81. The summed E-state index contributed by atoms with van der Waals surface area (Å²) in [4.78, 5) is 22.2. The molecule has 7 nitrogen and oxygen atoms in total. The number of carboxylic acid groups (broad SMARTS) is 1. The summed E-state index contributed by atoms with van der Waals surface area (Å²) in [7, 11) is 0. The third-order valence-corrected chi connectivity index (χ3v) is 3.25. The number of anilines is 1. The predicted octanol–water partition coefficient (Wildman–Crippen LogP) is 1.94. The van der Waals surface area contributed by atoms with Crippen LogP contribution in [0.2, 0.25) is 0 Å². The van der Waals surface area contributed by atoms with Gasteiger partial charge in [-0.1, -0.05) is 17.8 Å². The minimum atomic E-state index is -0.781. The number of carbonyl (C=O) groups excluding carboxylic acids is 1. The predicted molar refractivity (Wildman–Crippen MR) is 72.2 cm³/mol. The Kier molecular flexibility index (Phi) is 6.20. The standard InChI is InChI=1S/C11H18N4O3S/c1-7(10(16)17)4-3-5-8(2)13-11(18)14-9-6-12-15-19-9/h6-8H,3-5H2,1-2H3,(H,16,17)(H2,13,14,18). The van der Waals surface area contributed by atoms with Crippen LogP contribution in [0.3, 0.4) is 0 Å². The number of urea groups is 1. The third kappa shape index (κ3) is 6.14. The fourth-order valence-corrected chi connectivity index (χ4v) is 1.93. The molecule has 8 heteroatoms. The number of hydrogen-bond donors (Lipinski definition) is 3. The molecule has 0 saturated heterocycles. The molecule has 0 bridgehead atoms. The molecule has 0 aliphatic heterocycles. The lowest BCUT2D eigenvalue weighted by atomic mass is 10.0. The lowest BCUT2D eigenvalue weighted by Gasteiger charge is -2.14. The smallest absolute Gasteiger partial charge is 0.320 e. The zero-order valence-electron chi connectivity index (χ0n) is 10.9. The molecule has 3 N–H and O–H groups in total. The molecule has 1 aromatic heterocycles. The van der Waals surface area contributed by atoms with E-state index >= 15 is 0 Å². The van der Waals surface area contributed by atoms with Crippen molar-refractivity contribution in [3.05, 3.63) is 6.20 Å². The summed E-state index contributed by atoms with van der Waals surface area (Å²) in [6.45, 7) is 3.57. The Labute approximate surface area is 115 Å². The highest BCUT2D eigenvalue weighted by Gasteiger charge is 2.12. The Morgan fingerprint density at radius 1 is 1.42 bits per heavy atom. The Hall–Kier alpha value is -1.70. The summed E-state index contributed by atoms with van der Waals surface area (Å²) in [6, 6.07) is -0.313. The Morgan fingerprint density at radius 2 is 2.16 bits per heavy atom. The van der Waals surface area contributed by atoms with Crippen LogP contribution in [-0.2, 0) is 4.79 Å². The maximum absolute atomic E-state index is 11.6. The van der Waals surface area contributed by atoms with Crippen LogP contribution in [0.5, 0.6) is 0 Å². The van der Waals surface area contributed by atoms with Gasteiger partial charge in [-0.2, -0.15) is 0 Å². The number of nitrogens with zero attached hydrogens (tertiary/aromatic N) is 2. The van der Waals surface area contributed by atoms with E-state index in [1.54, 1.807) is 6.92 Å². The number of carbonyl (C=O) groups is 2. The summed E-state index contributed by atoms with van der Waals surface area (Å²) in [5.74, 6) is -1.12. The number of rotatable bonds is 7. The van der Waals surface area contributed by atoms with Crippen LogP contribution in [0.4, 0.5) is 9.80 Å². The number of amides is 2. The second-order valence-electron chi connectivity index (χ2n) is 4.45. The van der Waals surface area contributed by atoms with Crippen molar-refractivity contribution in [1.29, 1.82) is 0 Å². The lowest BCUT2D eigenvalue weighted by molar-refractivity contribution is -0.141. The van der Waals surface area contributed by atoms with Crippen molar-refractivity contribution in [3.63, 3.8) is 0 Å². The zero-order valence-corrected chi connectivity index (χ0v) is 11.7. The van der Waals surface area contributed by atoms with E-state index in [4.69, 9.17) is 5.11 Å². The van der Waals surface area contributed by atoms with Gasteiger partial charge in [0.15, 0.2) is 0 Å². The zero-order chi connectivity index (χ0) is 14.3. The molecule has 1 rings (SSSR count). The Bertz CT molecular complexity index is 410. The molecule has 0 aromatic carbocycles. The van der Waals surface area contributed by atoms with Crippen molar-refractivity contribution in [2.75, 3.05) is 5.32 Å². The monoisotopic (exact) mass is 286 g/mol. The van der Waals surface area contributed by atoms with Gasteiger partial charge in [-0.25, -0.2) is 4.79 Å². The molecule has 1 heterocycles. The topological polar surface area (TPSA) is 104 Å². The average molecular weight is 286 g/mol. The van der Waals surface area contributed by atoms with E-state index in [1.165, 1.54) is 6.20 Å². The molecule has 0 fully saturated rings. The molecular formula is C11H18N4O3S. The van der Waals surface area contributed by atoms with Crippen molar-refractivity contribution in [2.24, 2.45) is 5.92 Å². The highest BCUT2D eigenvalue weighted by molar-refractivity contribution is 7.10. The van der Waals surface area contributed by atoms with Gasteiger partial charge in [0.2, 0.25) is 0 Å². The van der Waals surface area contributed by atoms with Crippen molar-refractivity contribution in [1.82, 2.24) is 14.9 Å². The Balaban J connectivity index is 2.18. The molecular weight excluding hydrogens is 268 g/mol. The van der Waals surface area contributed by atoms with Gasteiger partial charge >= 0.3 is 12.0 Å². The number of hydrogen-bond acceptors (Lipinski definition) is 5. The molecule has 0 spiro atoms. The lowest BCUT2D eigenvalue weighted by Crippen LogP contribution is -2.35. The molecule has 0 aliphatic rings. The third-order valence-electron chi connectivity index (χ3n) is 2.67. The first-order valence-corrected chi connectivity index (χ1v) is 6.84. The summed E-state index contributed by atoms with van der Waals surface area (Å²) in [5, 5.41) is 18.3. The van der Waals surface area contributed by atoms with Crippen LogP contribution in [0.25, 0.3) is 0 Å². The highest BCUT2D eigenvalue weighted by atomic mass is 32.1. The van der Waals surface area contributed by atoms with Crippen LogP contribution < -0.4 is 10.6 Å². The highest BCUT2D eigenvalue weighted by Crippen LogP contribution is 2.11. The number of nitrogens with one attached hydrogen (secondary N) is 2. The normalized spacial score (nSPS) is 13.6. The van der Waals surface area contributed by atoms with Gasteiger partial charge in [0.1, 0.15) is 5.00 Å². The molecule has 106 valence electrons. The number of carboxylic acids is 1. The molecule has 0 radical (unpaired) electrons. The van der Waals surface area contributed by atoms with E-state index < -0.39 is 5.97 Å². The number of aliphatic carboxylic acids is 1. The van der Waals surface area contributed by atoms with Gasteiger partial charge in [0.25, 0.3) is 0 Å². The fourth-order valence-electron chi connectivity index (χ4n) is 1.52. The summed E-state index contributed by atoms with van der Waals surface area (Å²) >= 11 is 1.10. The van der Waals surface area contributed by atoms with Crippen LogP contribution >= 0.6 is 11.5 Å². The minimum absolute atomic E-state index is 0.0122. The van der Waals surface area contributed by atoms with Crippen LogP contribution in [0.15, 0.2) is 6.20 Å². The van der Waals surface area contributed by atoms with Gasteiger partial charge in [-0.3, -0.25) is 10.1 Å². The maximum Gasteiger partial charge on any atom is 0.320 e. The van der Waals surface area contributed by atoms with Gasteiger partial charge in [-0.05, 0) is 19.8 Å². The molecule has 2 amide bonds. The van der Waals surface area contributed by atoms with Crippen LogP contribution in [0, 0.1) is 5.92 Å². The van der Waals surface area contributed by atoms with Crippen molar-refractivity contribution < 1.29 is 14.7 Å². The second kappa shape index (κ2) is 7.67. The molecule has 19 heavy (non-hydrogen) atoms. The van der Waals surface area contributed by atoms with E-state index in [1.807, 2.05) is 6.92 Å². The first-order valence-electron chi connectivity index (χ1n) is 6.06. The fraction of sp³-hybridized carbons (Fsp3) is 0.636. The van der Waals surface area contributed by atoms with Crippen molar-refractivity contribution in [3.8, 4) is 0 Å². The first-order chi connectivity index (χ1) is 8.99. The van der Waals surface area contributed by atoms with Crippen LogP contribution in [-0.4, -0.2) is 32.7 Å². The van der Waals surface area contributed by atoms with Gasteiger partial charge in [-0.15, -0.1) is 5.10 Å². The molecule has 0 aliphatic carbocycles. The second-order valence-corrected chi connectivity index (χ2v) is 5.24. The van der Waals surface area contributed by atoms with Gasteiger partial charge < -0.3 is 10.4 Å². The maximum atomic E-state index is 11.6. The molecule has 2 unspecified atom stereocenters. The molecule has 0 saturated carbocycles. The van der Waals surface area contributed by atoms with Gasteiger partial charge in [0, 0.05) is 17.6 Å². The number of aromatic nitrogens is 2. The summed E-state index contributed by atoms with van der Waals surface area (Å²) in [6.07, 6.45) is 3.59. The van der Waals surface area contributed by atoms with E-state index in [-0.39, 0.29) is 18.0 Å². The summed E-state index contributed by atoms with van der Waals surface area (Å²) < 4.78 is 3.63. The van der Waals surface area contributed by atoms with E-state index in [0.29, 0.717) is 11.4 Å². The first kappa shape index (κ1) is 15.4. The van der Waals surface area contributed by atoms with E-state index in [9.17, 15) is 9.59 Å². The molecule has 1 aromatic rings. The van der Waals surface area contributed by atoms with Gasteiger partial charge in [0.05, 0.1) is 12.1 Å². The SMILES string of the molecule is CC(CCCC(C)C(=O)O)NC(=O)Nc1cnns1. The largest absolute Gasteiger partial charge is 0.481 e. The Morgan fingerprint density at radius 3 is 2.74 bits per heavy atom. The van der Waals surface area contributed by atoms with E-state index in [2.05, 4.69) is 20.2 Å². The molecule has 2 atom stereocenters. The quantitative estimate of drug-likeness (QED) is 0.710. The minimum Gasteiger partial charge on any atom is -0.481 e. The van der Waals surface area contributed by atoms with E-state index in [0.717, 1.165) is 24.4 Å². The van der Waals surface area contributed by atoms with Crippen molar-refractivity contribution in [2.45, 2.75) is 39.2 Å². The van der Waals surface area contributed by atoms with Crippen molar-refractivity contribution >= 4 is 28.5 Å².